The van der Waals surface area contributed by atoms with Crippen LogP contribution in [0.2, 0.25) is 0 Å². The molecule has 0 heterocycles. The van der Waals surface area contributed by atoms with E-state index in [4.69, 9.17) is 17.5 Å². The van der Waals surface area contributed by atoms with Crippen molar-refractivity contribution in [2.75, 3.05) is 0 Å². The van der Waals surface area contributed by atoms with E-state index in [1.807, 2.05) is 0 Å². The van der Waals surface area contributed by atoms with Gasteiger partial charge in [-0.2, -0.15) is 0 Å². The smallest absolute Gasteiger partial charge is 0.763 e. The van der Waals surface area contributed by atoms with E-state index >= 15 is 0 Å². The molecule has 0 aliphatic heterocycles. The van der Waals surface area contributed by atoms with E-state index in [2.05, 4.69) is 0 Å². The van der Waals surface area contributed by atoms with Gasteiger partial charge in [0.25, 0.3) is 0 Å². The number of hydrogen-bond donors (Lipinski definition) is 0. The summed E-state index contributed by atoms with van der Waals surface area (Å²) < 4.78 is 36.3. The Kier molecular flexibility index (Phi) is 21.1. The van der Waals surface area contributed by atoms with Crippen LogP contribution in [0.5, 0.6) is 0 Å². The molecule has 2 unspecified atom stereocenters. The third kappa shape index (κ3) is 11.6. The Labute approximate surface area is 116 Å². The minimum absolute atomic E-state index is 0. The first-order valence-corrected chi connectivity index (χ1v) is 3.50. The third-order valence-corrected chi connectivity index (χ3v) is 1.00. The van der Waals surface area contributed by atoms with E-state index in [1.54, 1.807) is 0 Å². The van der Waals surface area contributed by atoms with Crippen molar-refractivity contribution in [3.63, 3.8) is 0 Å². The summed E-state index contributed by atoms with van der Waals surface area (Å²) in [5, 5.41) is 0. The first kappa shape index (κ1) is 17.1. The van der Waals surface area contributed by atoms with Crippen LogP contribution in [0.4, 0.5) is 0 Å². The van der Waals surface area contributed by atoms with E-state index in [-0.39, 0.29) is 80.9 Å². The summed E-state index contributed by atoms with van der Waals surface area (Å²) in [5.74, 6) is 0. The van der Waals surface area contributed by atoms with Gasteiger partial charge in [0.2, 0.25) is 0 Å². The second-order valence-corrected chi connectivity index (χ2v) is 2.86. The van der Waals surface area contributed by atoms with Crippen molar-refractivity contribution in [3.05, 3.63) is 0 Å². The molecule has 0 bridgehead atoms. The molecule has 0 saturated heterocycles. The number of rotatable bonds is 1. The van der Waals surface area contributed by atoms with Crippen LogP contribution in [-0.4, -0.2) is 17.5 Å². The van der Waals surface area contributed by atoms with E-state index < -0.39 is 20.2 Å². The minimum Gasteiger partial charge on any atom is -0.763 e. The Morgan fingerprint density at radius 1 is 1.00 bits per heavy atom. The zero-order valence-electron chi connectivity index (χ0n) is 4.45. The van der Waals surface area contributed by atoms with Crippen LogP contribution in [0.1, 0.15) is 0 Å². The Balaban J connectivity index is -0.000000125. The van der Waals surface area contributed by atoms with Gasteiger partial charge in [-0.1, -0.05) is 0 Å². The second kappa shape index (κ2) is 9.86. The molecule has 0 saturated carbocycles. The van der Waals surface area contributed by atoms with Gasteiger partial charge < -0.3 is 9.11 Å². The Morgan fingerprint density at radius 3 is 1.12 bits per heavy atom. The molecule has 38 valence electrons. The summed E-state index contributed by atoms with van der Waals surface area (Å²) in [6.45, 7) is 0. The van der Waals surface area contributed by atoms with E-state index in [0.29, 0.717) is 0 Å². The summed E-state index contributed by atoms with van der Waals surface area (Å²) in [6, 6.07) is 0. The normalized spacial score (nSPS) is 14.8. The summed E-state index contributed by atoms with van der Waals surface area (Å²) in [7, 11) is -5.90. The molecule has 0 aliphatic rings. The van der Waals surface area contributed by atoms with Crippen molar-refractivity contribution in [2.24, 2.45) is 0 Å². The molecule has 0 N–H and O–H groups in total. The molecule has 4 nitrogen and oxygen atoms in total. The van der Waals surface area contributed by atoms with E-state index in [1.165, 1.54) is 0 Å². The quantitative estimate of drug-likeness (QED) is 0.234. The van der Waals surface area contributed by atoms with Crippen LogP contribution < -0.4 is 80.9 Å². The van der Waals surface area contributed by atoms with Gasteiger partial charge in [0.1, 0.15) is 0 Å². The van der Waals surface area contributed by atoms with Crippen LogP contribution in [0, 0.1) is 0 Å². The van der Waals surface area contributed by atoms with Crippen LogP contribution >= 0.6 is 0 Å². The van der Waals surface area contributed by atoms with Crippen molar-refractivity contribution >= 4 is 20.2 Å². The molecule has 0 aromatic rings. The fourth-order valence-electron chi connectivity index (χ4n) is 0. The number of hydrogen-bond acceptors (Lipinski definition) is 4. The molecule has 0 spiro atoms. The fourth-order valence-corrected chi connectivity index (χ4v) is 0. The molecule has 0 radical (unpaired) electrons. The van der Waals surface area contributed by atoms with Gasteiger partial charge in [0.15, 0.2) is 0 Å². The molecular weight excluding hydrogens is 190 g/mol. The largest absolute Gasteiger partial charge is 1.00 e. The molecule has 0 aromatic carbocycles. The molecule has 8 heteroatoms. The van der Waals surface area contributed by atoms with Gasteiger partial charge in [-0.15, -0.1) is 0 Å². The summed E-state index contributed by atoms with van der Waals surface area (Å²) in [6.07, 6.45) is 0. The zero-order valence-corrected chi connectivity index (χ0v) is 11.2. The maximum absolute atomic E-state index is 9.09. The summed E-state index contributed by atoms with van der Waals surface area (Å²) in [4.78, 5) is 0. The zero-order chi connectivity index (χ0) is 5.15. The maximum atomic E-state index is 9.09. The summed E-state index contributed by atoms with van der Waals surface area (Å²) in [5.41, 5.74) is 0. The first-order valence-electron chi connectivity index (χ1n) is 0.833. The van der Waals surface area contributed by atoms with Gasteiger partial charge in [0, 0.05) is 20.2 Å². The van der Waals surface area contributed by atoms with Crippen LogP contribution in [0.25, 0.3) is 0 Å². The topological polar surface area (TPSA) is 80.3 Å². The van der Waals surface area contributed by atoms with Crippen molar-refractivity contribution in [1.82, 2.24) is 0 Å². The molecular formula is KNaO4S2. The molecule has 0 aliphatic carbocycles. The van der Waals surface area contributed by atoms with E-state index in [9.17, 15) is 0 Å². The van der Waals surface area contributed by atoms with Crippen molar-refractivity contribution in [1.29, 1.82) is 0 Å². The van der Waals surface area contributed by atoms with Crippen LogP contribution in [0.15, 0.2) is 0 Å². The van der Waals surface area contributed by atoms with Gasteiger partial charge in [-0.3, -0.25) is 8.42 Å². The fraction of sp³-hybridized carbons (Fsp3) is 0. The van der Waals surface area contributed by atoms with Crippen molar-refractivity contribution < 1.29 is 98.5 Å². The van der Waals surface area contributed by atoms with Gasteiger partial charge in [-0.05, 0) is 0 Å². The van der Waals surface area contributed by atoms with Gasteiger partial charge >= 0.3 is 80.9 Å². The van der Waals surface area contributed by atoms with Crippen molar-refractivity contribution in [2.45, 2.75) is 0 Å². The first-order chi connectivity index (χ1) is 2.64. The predicted octanol–water partition coefficient (Wildman–Crippen LogP) is -7.33. The standard InChI is InChI=1S/K.Na.H2O4S2/c;;1-5(2)6(3)4/h;;(H,1,2)(H,3,4)/q2*+1;/p-2. The predicted molar refractivity (Wildman–Crippen MR) is 17.8 cm³/mol. The molecule has 0 amide bonds. The molecule has 0 fully saturated rings. The Bertz CT molecular complexity index is 80.0. The average molecular weight is 190 g/mol. The Hall–Kier alpha value is 2.86. The van der Waals surface area contributed by atoms with Gasteiger partial charge in [0.05, 0.1) is 0 Å². The monoisotopic (exact) mass is 190 g/mol. The second-order valence-electron chi connectivity index (χ2n) is 0.408. The SMILES string of the molecule is O=S([O-])S(=O)[O-].[K+].[Na+]. The molecule has 0 rings (SSSR count). The Morgan fingerprint density at radius 2 is 1.12 bits per heavy atom. The summed E-state index contributed by atoms with van der Waals surface area (Å²) >= 11 is 0. The average Bonchev–Trinajstić information content (AvgIpc) is 1.36. The maximum Gasteiger partial charge on any atom is 1.00 e. The molecule has 8 heavy (non-hydrogen) atoms. The molecule has 0 aromatic heterocycles. The molecule has 2 atom stereocenters. The van der Waals surface area contributed by atoms with Crippen LogP contribution in [-0.2, 0) is 20.2 Å². The van der Waals surface area contributed by atoms with Crippen molar-refractivity contribution in [3.8, 4) is 0 Å². The van der Waals surface area contributed by atoms with Gasteiger partial charge in [-0.25, -0.2) is 0 Å². The third-order valence-electron chi connectivity index (χ3n) is 0.111. The van der Waals surface area contributed by atoms with E-state index in [0.717, 1.165) is 0 Å². The minimum atomic E-state index is -2.95. The van der Waals surface area contributed by atoms with Crippen LogP contribution in [0.3, 0.4) is 0 Å².